The van der Waals surface area contributed by atoms with E-state index in [9.17, 15) is 10.5 Å². The Hall–Kier alpha value is -3.25. The van der Waals surface area contributed by atoms with Crippen molar-refractivity contribution in [1.29, 1.82) is 10.5 Å². The summed E-state index contributed by atoms with van der Waals surface area (Å²) >= 11 is 0. The largest absolute Gasteiger partial charge is 0.494 e. The number of rotatable bonds is 5. The molecule has 0 aliphatic carbocycles. The van der Waals surface area contributed by atoms with Gasteiger partial charge in [-0.05, 0) is 31.5 Å². The first-order valence-corrected chi connectivity index (χ1v) is 7.21. The third kappa shape index (κ3) is 3.17. The first-order chi connectivity index (χ1) is 11.2. The lowest BCUT2D eigenvalue weighted by Crippen LogP contribution is -2.19. The predicted molar refractivity (Wildman–Crippen MR) is 84.6 cm³/mol. The van der Waals surface area contributed by atoms with Crippen molar-refractivity contribution in [2.75, 3.05) is 18.9 Å². The highest BCUT2D eigenvalue weighted by atomic mass is 16.5. The van der Waals surface area contributed by atoms with Crippen LogP contribution in [0.3, 0.4) is 0 Å². The second-order valence-corrected chi connectivity index (χ2v) is 4.61. The fourth-order valence-corrected chi connectivity index (χ4v) is 2.27. The summed E-state index contributed by atoms with van der Waals surface area (Å²) in [5.74, 6) is 1.14. The number of nitrogens with one attached hydrogen (secondary N) is 1. The number of nitrogens with two attached hydrogens (primary N) is 1. The maximum absolute atomic E-state index is 9.51. The first kappa shape index (κ1) is 16.1. The Kier molecular flexibility index (Phi) is 5.01. The van der Waals surface area contributed by atoms with Gasteiger partial charge in [-0.1, -0.05) is 12.1 Å². The van der Waals surface area contributed by atoms with Gasteiger partial charge in [0.25, 0.3) is 5.82 Å². The minimum Gasteiger partial charge on any atom is -0.494 e. The number of pyridine rings is 1. The number of anilines is 1. The Balaban J connectivity index is 2.68. The van der Waals surface area contributed by atoms with Crippen molar-refractivity contribution in [3.8, 4) is 34.9 Å². The van der Waals surface area contributed by atoms with Crippen molar-refractivity contribution in [1.82, 2.24) is 0 Å². The molecule has 6 heteroatoms. The van der Waals surface area contributed by atoms with E-state index in [0.717, 1.165) is 0 Å². The van der Waals surface area contributed by atoms with Gasteiger partial charge in [0.15, 0.2) is 5.56 Å². The average Bonchev–Trinajstić information content (AvgIpc) is 2.56. The highest BCUT2D eigenvalue weighted by Crippen LogP contribution is 2.33. The quantitative estimate of drug-likeness (QED) is 0.912. The van der Waals surface area contributed by atoms with Gasteiger partial charge in [0.05, 0.1) is 13.2 Å². The molecule has 0 spiro atoms. The molecule has 0 bridgehead atoms. The Labute approximate surface area is 134 Å². The number of H-pyrrole nitrogens is 1. The molecule has 0 amide bonds. The molecule has 1 aromatic heterocycles. The van der Waals surface area contributed by atoms with Crippen LogP contribution in [0.1, 0.15) is 25.0 Å². The standard InChI is InChI=1S/C17H16N4O2/c1-3-22-12-7-5-11(6-8-12)15-13(9-18)16(20)21-17(23-4-2)14(15)10-19/h5-8H,3-4H2,1-2H3,(H2,20,21)/p+1. The van der Waals surface area contributed by atoms with Gasteiger partial charge in [-0.2, -0.15) is 10.5 Å². The van der Waals surface area contributed by atoms with E-state index in [0.29, 0.717) is 30.1 Å². The van der Waals surface area contributed by atoms with Gasteiger partial charge < -0.3 is 9.47 Å². The highest BCUT2D eigenvalue weighted by molar-refractivity contribution is 5.80. The van der Waals surface area contributed by atoms with Crippen LogP contribution in [-0.2, 0) is 0 Å². The second-order valence-electron chi connectivity index (χ2n) is 4.61. The lowest BCUT2D eigenvalue weighted by atomic mass is 9.96. The number of hydrogen-bond donors (Lipinski definition) is 1. The maximum Gasteiger partial charge on any atom is 0.301 e. The van der Waals surface area contributed by atoms with Gasteiger partial charge in [-0.25, -0.2) is 4.98 Å². The van der Waals surface area contributed by atoms with Crippen LogP contribution < -0.4 is 20.2 Å². The molecule has 0 fully saturated rings. The van der Waals surface area contributed by atoms with Crippen LogP contribution in [0.25, 0.3) is 11.1 Å². The minimum atomic E-state index is 0.166. The Bertz CT molecular complexity index is 786. The van der Waals surface area contributed by atoms with E-state index in [-0.39, 0.29) is 22.8 Å². The number of hydrogen-bond acceptors (Lipinski definition) is 5. The van der Waals surface area contributed by atoms with E-state index in [1.165, 1.54) is 0 Å². The summed E-state index contributed by atoms with van der Waals surface area (Å²) in [6.45, 7) is 4.64. The molecule has 0 unspecified atom stereocenters. The van der Waals surface area contributed by atoms with Gasteiger partial charge >= 0.3 is 5.88 Å². The van der Waals surface area contributed by atoms with Gasteiger partial charge in [0.2, 0.25) is 0 Å². The summed E-state index contributed by atoms with van der Waals surface area (Å²) in [5, 5.41) is 18.9. The third-order valence-corrected chi connectivity index (χ3v) is 3.21. The van der Waals surface area contributed by atoms with Crippen LogP contribution in [0, 0.1) is 22.7 Å². The van der Waals surface area contributed by atoms with Crippen LogP contribution in [0.4, 0.5) is 5.82 Å². The predicted octanol–water partition coefficient (Wildman–Crippen LogP) is 2.29. The summed E-state index contributed by atoms with van der Waals surface area (Å²) in [4.78, 5) is 2.77. The number of aromatic nitrogens is 1. The van der Waals surface area contributed by atoms with Crippen LogP contribution >= 0.6 is 0 Å². The summed E-state index contributed by atoms with van der Waals surface area (Å²) in [5.41, 5.74) is 7.53. The molecule has 6 nitrogen and oxygen atoms in total. The number of nitriles is 2. The van der Waals surface area contributed by atoms with E-state index in [1.807, 2.05) is 6.92 Å². The van der Waals surface area contributed by atoms with Crippen molar-refractivity contribution in [2.45, 2.75) is 13.8 Å². The molecule has 0 saturated carbocycles. The van der Waals surface area contributed by atoms with Gasteiger partial charge in [0, 0.05) is 5.56 Å². The molecule has 0 aliphatic rings. The first-order valence-electron chi connectivity index (χ1n) is 7.21. The third-order valence-electron chi connectivity index (χ3n) is 3.21. The molecule has 1 aromatic carbocycles. The maximum atomic E-state index is 9.51. The lowest BCUT2D eigenvalue weighted by Gasteiger charge is -2.11. The van der Waals surface area contributed by atoms with Crippen molar-refractivity contribution in [2.24, 2.45) is 0 Å². The van der Waals surface area contributed by atoms with Gasteiger partial charge in [-0.15, -0.1) is 0 Å². The van der Waals surface area contributed by atoms with E-state index in [1.54, 1.807) is 31.2 Å². The highest BCUT2D eigenvalue weighted by Gasteiger charge is 2.24. The molecule has 1 heterocycles. The Morgan fingerprint density at radius 2 is 1.61 bits per heavy atom. The number of ether oxygens (including phenoxy) is 2. The fraction of sp³-hybridized carbons (Fsp3) is 0.235. The topological polar surface area (TPSA) is 106 Å². The van der Waals surface area contributed by atoms with Gasteiger partial charge in [0.1, 0.15) is 23.5 Å². The molecule has 23 heavy (non-hydrogen) atoms. The lowest BCUT2D eigenvalue weighted by molar-refractivity contribution is -0.377. The fourth-order valence-electron chi connectivity index (χ4n) is 2.27. The summed E-state index contributed by atoms with van der Waals surface area (Å²) < 4.78 is 10.9. The van der Waals surface area contributed by atoms with E-state index < -0.39 is 0 Å². The zero-order valence-electron chi connectivity index (χ0n) is 13.0. The molecule has 2 aromatic rings. The van der Waals surface area contributed by atoms with Crippen molar-refractivity contribution < 1.29 is 14.5 Å². The van der Waals surface area contributed by atoms with E-state index in [2.05, 4.69) is 17.1 Å². The zero-order valence-corrected chi connectivity index (χ0v) is 13.0. The second kappa shape index (κ2) is 7.15. The molecule has 0 aliphatic heterocycles. The van der Waals surface area contributed by atoms with Crippen molar-refractivity contribution in [3.63, 3.8) is 0 Å². The monoisotopic (exact) mass is 309 g/mol. The SMILES string of the molecule is CCOc1ccc(-c2c(C#N)c(N)[nH+]c(OCC)c2C#N)cc1. The van der Waals surface area contributed by atoms with Crippen molar-refractivity contribution in [3.05, 3.63) is 35.4 Å². The number of nitrogen functional groups attached to an aromatic ring is 1. The Morgan fingerprint density at radius 3 is 2.13 bits per heavy atom. The molecule has 0 saturated heterocycles. The summed E-state index contributed by atoms with van der Waals surface area (Å²) in [6.07, 6.45) is 0. The minimum absolute atomic E-state index is 0.166. The van der Waals surface area contributed by atoms with Crippen molar-refractivity contribution >= 4 is 5.82 Å². The number of aromatic amines is 1. The number of benzene rings is 1. The normalized spacial score (nSPS) is 9.74. The zero-order chi connectivity index (χ0) is 16.8. The van der Waals surface area contributed by atoms with Crippen LogP contribution in [0.15, 0.2) is 24.3 Å². The van der Waals surface area contributed by atoms with Gasteiger partial charge in [-0.3, -0.25) is 5.73 Å². The van der Waals surface area contributed by atoms with Crippen LogP contribution in [0.5, 0.6) is 11.6 Å². The molecule has 3 N–H and O–H groups in total. The molecule has 0 radical (unpaired) electrons. The van der Waals surface area contributed by atoms with Crippen LogP contribution in [0.2, 0.25) is 0 Å². The smallest absolute Gasteiger partial charge is 0.301 e. The molecule has 2 rings (SSSR count). The average molecular weight is 309 g/mol. The summed E-state index contributed by atoms with van der Waals surface area (Å²) in [7, 11) is 0. The number of nitrogens with zero attached hydrogens (tertiary/aromatic N) is 2. The summed E-state index contributed by atoms with van der Waals surface area (Å²) in [6, 6.07) is 11.3. The molecule has 116 valence electrons. The van der Waals surface area contributed by atoms with Crippen LogP contribution in [-0.4, -0.2) is 13.2 Å². The molecule has 0 atom stereocenters. The molecular formula is C17H17N4O2+. The Morgan fingerprint density at radius 1 is 1.00 bits per heavy atom. The molecular weight excluding hydrogens is 292 g/mol. The van der Waals surface area contributed by atoms with E-state index >= 15 is 0 Å². The van der Waals surface area contributed by atoms with E-state index in [4.69, 9.17) is 15.2 Å².